The van der Waals surface area contributed by atoms with E-state index in [-0.39, 0.29) is 11.8 Å². The third-order valence-corrected chi connectivity index (χ3v) is 9.46. The molecule has 0 N–H and O–H groups in total. The molecule has 4 rings (SSSR count). The van der Waals surface area contributed by atoms with Crippen LogP contribution in [-0.2, 0) is 14.3 Å². The number of carbonyl (C=O) groups excluding carboxylic acids is 2. The highest BCUT2D eigenvalue weighted by Gasteiger charge is 2.66. The molecular weight excluding hydrogens is 602 g/mol. The van der Waals surface area contributed by atoms with Gasteiger partial charge in [0.05, 0.1) is 24.8 Å². The molecule has 4 nitrogen and oxygen atoms in total. The first-order valence-electron chi connectivity index (χ1n) is 11.9. The number of hydrogen-bond donors (Lipinski definition) is 0. The van der Waals surface area contributed by atoms with Gasteiger partial charge < -0.3 is 9.64 Å². The molecule has 3 aromatic rings. The highest BCUT2D eigenvalue weighted by atomic mass is 79.9. The fourth-order valence-electron chi connectivity index (χ4n) is 4.96. The van der Waals surface area contributed by atoms with E-state index in [4.69, 9.17) is 4.74 Å². The van der Waals surface area contributed by atoms with Crippen LogP contribution >= 0.6 is 43.6 Å². The molecule has 1 saturated heterocycles. The number of carbonyl (C=O) groups is 2. The molecule has 3 aromatic carbocycles. The molecule has 0 aromatic heterocycles. The number of ether oxygens (including phenoxy) is 1. The van der Waals surface area contributed by atoms with E-state index in [1.165, 1.54) is 18.9 Å². The van der Waals surface area contributed by atoms with E-state index >= 15 is 0 Å². The van der Waals surface area contributed by atoms with E-state index < -0.39 is 22.7 Å². The number of anilines is 1. The van der Waals surface area contributed by atoms with Crippen LogP contribution in [0.4, 0.5) is 5.69 Å². The highest BCUT2D eigenvalue weighted by molar-refractivity contribution is 9.11. The van der Waals surface area contributed by atoms with Crippen LogP contribution in [-0.4, -0.2) is 23.7 Å². The molecule has 1 aliphatic heterocycles. The van der Waals surface area contributed by atoms with Crippen molar-refractivity contribution in [3.05, 3.63) is 92.9 Å². The van der Waals surface area contributed by atoms with Crippen molar-refractivity contribution < 1.29 is 14.3 Å². The minimum Gasteiger partial charge on any atom is -0.468 e. The van der Waals surface area contributed by atoms with Gasteiger partial charge in [-0.2, -0.15) is 0 Å². The minimum atomic E-state index is -1.22. The van der Waals surface area contributed by atoms with Crippen molar-refractivity contribution in [2.24, 2.45) is 11.8 Å². The van der Waals surface area contributed by atoms with Gasteiger partial charge in [0.15, 0.2) is 4.75 Å². The predicted octanol–water partition coefficient (Wildman–Crippen LogP) is 7.97. The highest BCUT2D eigenvalue weighted by Crippen LogP contribution is 2.59. The van der Waals surface area contributed by atoms with E-state index in [9.17, 15) is 9.59 Å². The zero-order valence-corrected chi connectivity index (χ0v) is 24.7. The third kappa shape index (κ3) is 4.90. The summed E-state index contributed by atoms with van der Waals surface area (Å²) in [6, 6.07) is 23.0. The van der Waals surface area contributed by atoms with Gasteiger partial charge in [0, 0.05) is 13.8 Å². The maximum absolute atomic E-state index is 14.4. The molecule has 1 aliphatic rings. The summed E-state index contributed by atoms with van der Waals surface area (Å²) in [6.45, 7) is 6.20. The van der Waals surface area contributed by atoms with Gasteiger partial charge in [0.2, 0.25) is 5.91 Å². The number of hydrogen-bond acceptors (Lipinski definition) is 4. The monoisotopic (exact) mass is 629 g/mol. The van der Waals surface area contributed by atoms with Gasteiger partial charge in [-0.25, -0.2) is 0 Å². The SMILES string of the molecule is COC(=O)[C@@]1(Sc2ccc(C)cc2)[C@@H](CC(C)C)C(=O)N(c2ccccc2Br)[C@@H]1c1ccccc1Br. The van der Waals surface area contributed by atoms with Crippen LogP contribution in [0.2, 0.25) is 0 Å². The largest absolute Gasteiger partial charge is 0.468 e. The van der Waals surface area contributed by atoms with E-state index in [0.29, 0.717) is 6.42 Å². The van der Waals surface area contributed by atoms with Crippen molar-refractivity contribution >= 4 is 61.2 Å². The van der Waals surface area contributed by atoms with Crippen LogP contribution in [0, 0.1) is 18.8 Å². The van der Waals surface area contributed by atoms with Gasteiger partial charge in [0.1, 0.15) is 0 Å². The Balaban J connectivity index is 2.06. The van der Waals surface area contributed by atoms with E-state index in [0.717, 1.165) is 30.7 Å². The Labute approximate surface area is 234 Å². The number of amides is 1. The van der Waals surface area contributed by atoms with Crippen LogP contribution in [0.5, 0.6) is 0 Å². The molecule has 7 heteroatoms. The van der Waals surface area contributed by atoms with Crippen molar-refractivity contribution in [2.75, 3.05) is 12.0 Å². The average Bonchev–Trinajstić information content (AvgIpc) is 3.08. The number of rotatable bonds is 7. The quantitative estimate of drug-likeness (QED) is 0.248. The summed E-state index contributed by atoms with van der Waals surface area (Å²) in [4.78, 5) is 31.2. The third-order valence-electron chi connectivity index (χ3n) is 6.55. The van der Waals surface area contributed by atoms with E-state index in [1.54, 1.807) is 4.90 Å². The van der Waals surface area contributed by atoms with Crippen LogP contribution < -0.4 is 4.90 Å². The fraction of sp³-hybridized carbons (Fsp3) is 0.310. The molecule has 188 valence electrons. The van der Waals surface area contributed by atoms with Crippen molar-refractivity contribution in [3.63, 3.8) is 0 Å². The van der Waals surface area contributed by atoms with Crippen molar-refractivity contribution in [3.8, 4) is 0 Å². The standard InChI is InChI=1S/C29H29Br2NO3S/c1-18(2)17-22-27(33)32(25-12-8-7-11-24(25)31)26(21-9-5-6-10-23(21)30)29(22,28(34)35-4)36-20-15-13-19(3)14-16-20/h5-16,18,22,26H,17H2,1-4H3/t22-,26+,29+/m0/s1. The van der Waals surface area contributed by atoms with Crippen molar-refractivity contribution in [1.82, 2.24) is 0 Å². The topological polar surface area (TPSA) is 46.6 Å². The summed E-state index contributed by atoms with van der Waals surface area (Å²) in [5.41, 5.74) is 2.72. The predicted molar refractivity (Wildman–Crippen MR) is 153 cm³/mol. The number of para-hydroxylation sites is 1. The number of thioether (sulfide) groups is 1. The molecule has 0 unspecified atom stereocenters. The van der Waals surface area contributed by atoms with Crippen molar-refractivity contribution in [2.45, 2.75) is 42.9 Å². The Bertz CT molecular complexity index is 1260. The maximum Gasteiger partial charge on any atom is 0.325 e. The number of halogens is 2. The molecule has 0 spiro atoms. The number of methoxy groups -OCH3 is 1. The maximum atomic E-state index is 14.4. The van der Waals surface area contributed by atoms with E-state index in [2.05, 4.69) is 45.7 Å². The summed E-state index contributed by atoms with van der Waals surface area (Å²) in [7, 11) is 1.41. The number of benzene rings is 3. The first-order valence-corrected chi connectivity index (χ1v) is 14.3. The summed E-state index contributed by atoms with van der Waals surface area (Å²) >= 11 is 8.82. The van der Waals surface area contributed by atoms with Gasteiger partial charge in [-0.3, -0.25) is 9.59 Å². The second kappa shape index (κ2) is 11.1. The van der Waals surface area contributed by atoms with Crippen LogP contribution in [0.15, 0.2) is 86.6 Å². The number of esters is 1. The molecule has 1 fully saturated rings. The zero-order valence-electron chi connectivity index (χ0n) is 20.7. The summed E-state index contributed by atoms with van der Waals surface area (Å²) < 4.78 is 5.94. The molecule has 0 saturated carbocycles. The first-order chi connectivity index (χ1) is 17.2. The molecule has 0 bridgehead atoms. The molecular formula is C29H29Br2NO3S. The second-order valence-corrected chi connectivity index (χ2v) is 12.5. The Hall–Kier alpha value is -2.09. The summed E-state index contributed by atoms with van der Waals surface area (Å²) in [5, 5.41) is 0. The normalized spacial score (nSPS) is 21.8. The molecule has 1 amide bonds. The lowest BCUT2D eigenvalue weighted by Crippen LogP contribution is -2.47. The smallest absolute Gasteiger partial charge is 0.325 e. The van der Waals surface area contributed by atoms with Crippen LogP contribution in [0.3, 0.4) is 0 Å². The Morgan fingerprint density at radius 1 is 1.00 bits per heavy atom. The number of aryl methyl sites for hydroxylation is 1. The van der Waals surface area contributed by atoms with Crippen molar-refractivity contribution in [1.29, 1.82) is 0 Å². The molecule has 36 heavy (non-hydrogen) atoms. The van der Waals surface area contributed by atoms with Gasteiger partial charge in [0.25, 0.3) is 0 Å². The molecule has 3 atom stereocenters. The molecule has 0 aliphatic carbocycles. The Kier molecular flexibility index (Phi) is 8.32. The average molecular weight is 631 g/mol. The molecule has 1 heterocycles. The summed E-state index contributed by atoms with van der Waals surface area (Å²) in [6.07, 6.45) is 0.550. The Morgan fingerprint density at radius 3 is 2.19 bits per heavy atom. The Morgan fingerprint density at radius 2 is 1.61 bits per heavy atom. The lowest BCUT2D eigenvalue weighted by Gasteiger charge is -2.38. The summed E-state index contributed by atoms with van der Waals surface area (Å²) in [5.74, 6) is -0.884. The van der Waals surface area contributed by atoms with Gasteiger partial charge in [-0.15, -0.1) is 11.8 Å². The fourth-order valence-corrected chi connectivity index (χ4v) is 7.45. The second-order valence-electron chi connectivity index (χ2n) is 9.47. The van der Waals surface area contributed by atoms with Gasteiger partial charge in [-0.05, 0) is 71.1 Å². The van der Waals surface area contributed by atoms with E-state index in [1.807, 2.05) is 79.7 Å². The minimum absolute atomic E-state index is 0.0821. The lowest BCUT2D eigenvalue weighted by molar-refractivity contribution is -0.146. The van der Waals surface area contributed by atoms with Gasteiger partial charge >= 0.3 is 5.97 Å². The zero-order chi connectivity index (χ0) is 26.0. The van der Waals surface area contributed by atoms with Crippen LogP contribution in [0.25, 0.3) is 0 Å². The van der Waals surface area contributed by atoms with Crippen LogP contribution in [0.1, 0.15) is 37.4 Å². The van der Waals surface area contributed by atoms with Gasteiger partial charge in [-0.1, -0.05) is 77.8 Å². The number of nitrogens with zero attached hydrogens (tertiary/aromatic N) is 1. The lowest BCUT2D eigenvalue weighted by atomic mass is 9.81. The first kappa shape index (κ1) is 27.0. The molecule has 0 radical (unpaired) electrons.